The van der Waals surface area contributed by atoms with Crippen molar-refractivity contribution < 1.29 is 14.7 Å². The van der Waals surface area contributed by atoms with Crippen molar-refractivity contribution in [2.45, 2.75) is 31.7 Å². The summed E-state index contributed by atoms with van der Waals surface area (Å²) in [6, 6.07) is 0. The Morgan fingerprint density at radius 1 is 1.38 bits per heavy atom. The number of aryl methyl sites for hydroxylation is 2. The highest BCUT2D eigenvalue weighted by Crippen LogP contribution is 2.26. The third-order valence-corrected chi connectivity index (χ3v) is 4.29. The molecule has 1 aliphatic heterocycles. The van der Waals surface area contributed by atoms with Crippen LogP contribution >= 0.6 is 11.8 Å². The Balaban J connectivity index is 2.20. The van der Waals surface area contributed by atoms with Crippen LogP contribution in [0.4, 0.5) is 0 Å². The zero-order chi connectivity index (χ0) is 15.6. The van der Waals surface area contributed by atoms with Crippen LogP contribution in [0, 0.1) is 19.8 Å². The highest BCUT2D eigenvalue weighted by molar-refractivity contribution is 7.98. The standard InChI is InChI=1S/C14H19N3O3S/c1-8-12(13(21-3)16-9(2)15-8)14(20)17-5-4-10(7-17)6-11(18)19/h10H,4-7H2,1-3H3,(H,18,19). The van der Waals surface area contributed by atoms with Crippen LogP contribution in [-0.4, -0.2) is 51.2 Å². The lowest BCUT2D eigenvalue weighted by molar-refractivity contribution is -0.138. The van der Waals surface area contributed by atoms with Gasteiger partial charge in [0.05, 0.1) is 11.3 Å². The molecular weight excluding hydrogens is 290 g/mol. The molecule has 114 valence electrons. The number of likely N-dealkylation sites (tertiary alicyclic amines) is 1. The molecule has 6 nitrogen and oxygen atoms in total. The van der Waals surface area contributed by atoms with E-state index >= 15 is 0 Å². The van der Waals surface area contributed by atoms with Gasteiger partial charge in [0.2, 0.25) is 0 Å². The Morgan fingerprint density at radius 2 is 2.10 bits per heavy atom. The minimum absolute atomic E-state index is 0.0378. The second-order valence-electron chi connectivity index (χ2n) is 5.24. The molecule has 1 aromatic rings. The van der Waals surface area contributed by atoms with Gasteiger partial charge in [0, 0.05) is 19.5 Å². The van der Waals surface area contributed by atoms with E-state index in [9.17, 15) is 9.59 Å². The van der Waals surface area contributed by atoms with Crippen molar-refractivity contribution in [1.82, 2.24) is 14.9 Å². The third-order valence-electron chi connectivity index (χ3n) is 3.61. The van der Waals surface area contributed by atoms with Gasteiger partial charge in [-0.05, 0) is 32.4 Å². The van der Waals surface area contributed by atoms with Crippen LogP contribution in [0.2, 0.25) is 0 Å². The zero-order valence-corrected chi connectivity index (χ0v) is 13.2. The molecule has 0 spiro atoms. The Labute approximate surface area is 128 Å². The second kappa shape index (κ2) is 6.43. The molecule has 2 heterocycles. The van der Waals surface area contributed by atoms with Crippen LogP contribution in [0.15, 0.2) is 5.03 Å². The van der Waals surface area contributed by atoms with E-state index in [1.165, 1.54) is 11.8 Å². The summed E-state index contributed by atoms with van der Waals surface area (Å²) in [6.07, 6.45) is 2.73. The first-order chi connectivity index (χ1) is 9.92. The topological polar surface area (TPSA) is 83.4 Å². The number of nitrogens with zero attached hydrogens (tertiary/aromatic N) is 3. The fraction of sp³-hybridized carbons (Fsp3) is 0.571. The largest absolute Gasteiger partial charge is 0.481 e. The summed E-state index contributed by atoms with van der Waals surface area (Å²) in [5.74, 6) is -0.215. The fourth-order valence-corrected chi connectivity index (χ4v) is 3.33. The molecule has 1 amide bonds. The van der Waals surface area contributed by atoms with Gasteiger partial charge in [0.15, 0.2) is 0 Å². The molecule has 7 heteroatoms. The molecule has 0 aromatic carbocycles. The first-order valence-corrected chi connectivity index (χ1v) is 8.05. The second-order valence-corrected chi connectivity index (χ2v) is 6.04. The van der Waals surface area contributed by atoms with Crippen LogP contribution in [0.5, 0.6) is 0 Å². The number of hydrogen-bond acceptors (Lipinski definition) is 5. The van der Waals surface area contributed by atoms with Gasteiger partial charge in [-0.2, -0.15) is 0 Å². The molecular formula is C14H19N3O3S. The molecule has 2 rings (SSSR count). The van der Waals surface area contributed by atoms with E-state index in [2.05, 4.69) is 9.97 Å². The van der Waals surface area contributed by atoms with Crippen LogP contribution in [-0.2, 0) is 4.79 Å². The van der Waals surface area contributed by atoms with Crippen LogP contribution in [0.25, 0.3) is 0 Å². The summed E-state index contributed by atoms with van der Waals surface area (Å²) < 4.78 is 0. The lowest BCUT2D eigenvalue weighted by atomic mass is 10.1. The number of hydrogen-bond donors (Lipinski definition) is 1. The van der Waals surface area contributed by atoms with Crippen LogP contribution in [0.3, 0.4) is 0 Å². The first-order valence-electron chi connectivity index (χ1n) is 6.82. The number of thioether (sulfide) groups is 1. The smallest absolute Gasteiger partial charge is 0.303 e. The van der Waals surface area contributed by atoms with Gasteiger partial charge in [-0.25, -0.2) is 9.97 Å². The molecule has 1 fully saturated rings. The predicted octanol–water partition coefficient (Wildman–Crippen LogP) is 1.75. The number of rotatable bonds is 4. The minimum Gasteiger partial charge on any atom is -0.481 e. The van der Waals surface area contributed by atoms with Crippen molar-refractivity contribution in [3.8, 4) is 0 Å². The fourth-order valence-electron chi connectivity index (χ4n) is 2.66. The SMILES string of the molecule is CSc1nc(C)nc(C)c1C(=O)N1CCC(CC(=O)O)C1. The Hall–Kier alpha value is -1.63. The number of carboxylic acids is 1. The Bertz CT molecular complexity index is 577. The van der Waals surface area contributed by atoms with E-state index < -0.39 is 5.97 Å². The number of carbonyl (C=O) groups excluding carboxylic acids is 1. The van der Waals surface area contributed by atoms with Crippen molar-refractivity contribution >= 4 is 23.6 Å². The number of aromatic nitrogens is 2. The maximum atomic E-state index is 12.7. The van der Waals surface area contributed by atoms with Crippen LogP contribution < -0.4 is 0 Å². The van der Waals surface area contributed by atoms with E-state index in [-0.39, 0.29) is 18.2 Å². The summed E-state index contributed by atoms with van der Waals surface area (Å²) in [4.78, 5) is 33.8. The molecule has 1 atom stereocenters. The maximum absolute atomic E-state index is 12.7. The van der Waals surface area contributed by atoms with Gasteiger partial charge >= 0.3 is 5.97 Å². The molecule has 0 saturated carbocycles. The first kappa shape index (κ1) is 15.8. The molecule has 1 saturated heterocycles. The molecule has 1 N–H and O–H groups in total. The molecule has 1 aliphatic rings. The molecule has 0 radical (unpaired) electrons. The number of aliphatic carboxylic acids is 1. The summed E-state index contributed by atoms with van der Waals surface area (Å²) in [6.45, 7) is 4.70. The highest BCUT2D eigenvalue weighted by Gasteiger charge is 2.30. The summed E-state index contributed by atoms with van der Waals surface area (Å²) in [5, 5.41) is 9.53. The lowest BCUT2D eigenvalue weighted by Crippen LogP contribution is -2.30. The van der Waals surface area contributed by atoms with Gasteiger partial charge in [-0.1, -0.05) is 0 Å². The minimum atomic E-state index is -0.811. The number of carbonyl (C=O) groups is 2. The molecule has 1 unspecified atom stereocenters. The van der Waals surface area contributed by atoms with Gasteiger partial charge in [-0.15, -0.1) is 11.8 Å². The van der Waals surface area contributed by atoms with Gasteiger partial charge in [0.25, 0.3) is 5.91 Å². The lowest BCUT2D eigenvalue weighted by Gasteiger charge is -2.19. The molecule has 1 aromatic heterocycles. The van der Waals surface area contributed by atoms with Crippen molar-refractivity contribution in [1.29, 1.82) is 0 Å². The van der Waals surface area contributed by atoms with Gasteiger partial charge < -0.3 is 10.0 Å². The van der Waals surface area contributed by atoms with Gasteiger partial charge in [-0.3, -0.25) is 9.59 Å². The van der Waals surface area contributed by atoms with E-state index in [1.54, 1.807) is 11.8 Å². The van der Waals surface area contributed by atoms with Crippen molar-refractivity contribution in [3.63, 3.8) is 0 Å². The predicted molar refractivity (Wildman–Crippen MR) is 79.6 cm³/mol. The number of carboxylic acid groups (broad SMARTS) is 1. The zero-order valence-electron chi connectivity index (χ0n) is 12.4. The average Bonchev–Trinajstić information content (AvgIpc) is 2.84. The normalized spacial score (nSPS) is 18.0. The monoisotopic (exact) mass is 309 g/mol. The van der Waals surface area contributed by atoms with Crippen molar-refractivity contribution in [2.24, 2.45) is 5.92 Å². The quantitative estimate of drug-likeness (QED) is 0.674. The van der Waals surface area contributed by atoms with E-state index in [0.29, 0.717) is 35.2 Å². The van der Waals surface area contributed by atoms with Crippen LogP contribution in [0.1, 0.15) is 34.7 Å². The summed E-state index contributed by atoms with van der Waals surface area (Å²) in [7, 11) is 0. The van der Waals surface area contributed by atoms with E-state index in [1.807, 2.05) is 13.2 Å². The Morgan fingerprint density at radius 3 is 2.71 bits per heavy atom. The van der Waals surface area contributed by atoms with Gasteiger partial charge in [0.1, 0.15) is 10.9 Å². The Kier molecular flexibility index (Phi) is 4.82. The highest BCUT2D eigenvalue weighted by atomic mass is 32.2. The maximum Gasteiger partial charge on any atom is 0.303 e. The molecule has 21 heavy (non-hydrogen) atoms. The number of amides is 1. The van der Waals surface area contributed by atoms with E-state index in [0.717, 1.165) is 6.42 Å². The van der Waals surface area contributed by atoms with Crippen molar-refractivity contribution in [2.75, 3.05) is 19.3 Å². The molecule has 0 aliphatic carbocycles. The summed E-state index contributed by atoms with van der Waals surface area (Å²) in [5.41, 5.74) is 1.22. The average molecular weight is 309 g/mol. The summed E-state index contributed by atoms with van der Waals surface area (Å²) >= 11 is 1.43. The third kappa shape index (κ3) is 3.53. The molecule has 0 bridgehead atoms. The van der Waals surface area contributed by atoms with Crippen molar-refractivity contribution in [3.05, 3.63) is 17.1 Å². The van der Waals surface area contributed by atoms with E-state index in [4.69, 9.17) is 5.11 Å².